The van der Waals surface area contributed by atoms with E-state index in [9.17, 15) is 9.59 Å². The Kier molecular flexibility index (Phi) is 6.22. The van der Waals surface area contributed by atoms with Gasteiger partial charge < -0.3 is 20.1 Å². The number of rotatable bonds is 7. The number of carbonyl (C=O) groups is 2. The minimum absolute atomic E-state index is 0.213. The van der Waals surface area contributed by atoms with Gasteiger partial charge in [0.05, 0.1) is 17.8 Å². The summed E-state index contributed by atoms with van der Waals surface area (Å²) in [6.07, 6.45) is 1.14. The van der Waals surface area contributed by atoms with E-state index in [0.717, 1.165) is 12.2 Å². The molecular weight excluding hydrogens is 332 g/mol. The van der Waals surface area contributed by atoms with Crippen molar-refractivity contribution in [2.75, 3.05) is 25.1 Å². The van der Waals surface area contributed by atoms with Crippen LogP contribution in [0.3, 0.4) is 0 Å². The van der Waals surface area contributed by atoms with Gasteiger partial charge in [-0.2, -0.15) is 0 Å². The molecule has 0 unspecified atom stereocenters. The first kappa shape index (κ1) is 17.9. The second kappa shape index (κ2) is 9.01. The second-order valence-corrected chi connectivity index (χ2v) is 5.95. The summed E-state index contributed by atoms with van der Waals surface area (Å²) < 4.78 is 10.9. The molecule has 0 radical (unpaired) electrons. The Hall–Kier alpha value is -2.86. The summed E-state index contributed by atoms with van der Waals surface area (Å²) in [4.78, 5) is 24.6. The number of carbonyl (C=O) groups excluding carboxylic acids is 2. The van der Waals surface area contributed by atoms with Gasteiger partial charge in [0.2, 0.25) is 0 Å². The third-order valence-electron chi connectivity index (χ3n) is 4.05. The molecule has 2 aromatic rings. The van der Waals surface area contributed by atoms with Gasteiger partial charge in [0.1, 0.15) is 18.5 Å². The van der Waals surface area contributed by atoms with Crippen molar-refractivity contribution in [3.05, 3.63) is 60.2 Å². The van der Waals surface area contributed by atoms with Crippen molar-refractivity contribution in [1.82, 2.24) is 5.32 Å². The summed E-state index contributed by atoms with van der Waals surface area (Å²) in [6.45, 7) is 1.32. The fourth-order valence-electron chi connectivity index (χ4n) is 2.73. The fourth-order valence-corrected chi connectivity index (χ4v) is 2.73. The third-order valence-corrected chi connectivity index (χ3v) is 4.05. The van der Waals surface area contributed by atoms with Crippen LogP contribution in [0, 0.1) is 0 Å². The highest BCUT2D eigenvalue weighted by Gasteiger charge is 2.24. The Balaban J connectivity index is 1.52. The number of hydrogen-bond acceptors (Lipinski definition) is 4. The maximum atomic E-state index is 12.4. The first-order chi connectivity index (χ1) is 12.7. The minimum atomic E-state index is -0.439. The monoisotopic (exact) mass is 354 g/mol. The maximum Gasteiger partial charge on any atom is 0.253 e. The van der Waals surface area contributed by atoms with E-state index in [-0.39, 0.29) is 11.8 Å². The molecule has 0 saturated carbocycles. The molecule has 1 atom stereocenters. The van der Waals surface area contributed by atoms with Crippen LogP contribution >= 0.6 is 0 Å². The Morgan fingerprint density at radius 2 is 1.85 bits per heavy atom. The lowest BCUT2D eigenvalue weighted by atomic mass is 10.1. The molecule has 136 valence electrons. The molecule has 1 fully saturated rings. The van der Waals surface area contributed by atoms with Crippen LogP contribution < -0.4 is 15.4 Å². The largest absolute Gasteiger partial charge is 0.492 e. The van der Waals surface area contributed by atoms with Crippen LogP contribution in [0.2, 0.25) is 0 Å². The molecule has 1 aliphatic heterocycles. The average Bonchev–Trinajstić information content (AvgIpc) is 3.21. The summed E-state index contributed by atoms with van der Waals surface area (Å²) in [7, 11) is 0. The van der Waals surface area contributed by atoms with Crippen molar-refractivity contribution in [3.63, 3.8) is 0 Å². The van der Waals surface area contributed by atoms with Crippen LogP contribution in [0.15, 0.2) is 54.6 Å². The van der Waals surface area contributed by atoms with Gasteiger partial charge in [0.15, 0.2) is 0 Å². The zero-order valence-electron chi connectivity index (χ0n) is 14.4. The predicted octanol–water partition coefficient (Wildman–Crippen LogP) is 2.61. The van der Waals surface area contributed by atoms with Crippen molar-refractivity contribution in [1.29, 1.82) is 0 Å². The summed E-state index contributed by atoms with van der Waals surface area (Å²) in [5.41, 5.74) is 0.896. The van der Waals surface area contributed by atoms with Gasteiger partial charge >= 0.3 is 0 Å². The lowest BCUT2D eigenvalue weighted by Crippen LogP contribution is -2.31. The van der Waals surface area contributed by atoms with Crippen LogP contribution in [0.1, 0.15) is 23.2 Å². The Labute approximate surface area is 152 Å². The van der Waals surface area contributed by atoms with Gasteiger partial charge in [-0.1, -0.05) is 30.3 Å². The fraction of sp³-hybridized carbons (Fsp3) is 0.300. The highest BCUT2D eigenvalue weighted by atomic mass is 16.5. The molecule has 1 aliphatic rings. The highest BCUT2D eigenvalue weighted by molar-refractivity contribution is 6.04. The van der Waals surface area contributed by atoms with E-state index in [4.69, 9.17) is 9.47 Å². The molecule has 3 rings (SSSR count). The molecule has 26 heavy (non-hydrogen) atoms. The lowest BCUT2D eigenvalue weighted by Gasteiger charge is -2.14. The second-order valence-electron chi connectivity index (χ2n) is 5.95. The van der Waals surface area contributed by atoms with Crippen molar-refractivity contribution in [2.45, 2.75) is 18.9 Å². The Morgan fingerprint density at radius 1 is 1.08 bits per heavy atom. The van der Waals surface area contributed by atoms with Crippen LogP contribution in [0.25, 0.3) is 0 Å². The number of ether oxygens (including phenoxy) is 2. The van der Waals surface area contributed by atoms with Gasteiger partial charge in [-0.3, -0.25) is 9.59 Å². The van der Waals surface area contributed by atoms with Crippen molar-refractivity contribution < 1.29 is 19.1 Å². The minimum Gasteiger partial charge on any atom is -0.492 e. The van der Waals surface area contributed by atoms with Gasteiger partial charge in [-0.05, 0) is 37.1 Å². The zero-order chi connectivity index (χ0) is 18.2. The van der Waals surface area contributed by atoms with E-state index in [0.29, 0.717) is 37.4 Å². The van der Waals surface area contributed by atoms with Crippen LogP contribution in [-0.4, -0.2) is 37.7 Å². The van der Waals surface area contributed by atoms with E-state index in [1.165, 1.54) is 0 Å². The predicted molar refractivity (Wildman–Crippen MR) is 98.3 cm³/mol. The quantitative estimate of drug-likeness (QED) is 0.750. The van der Waals surface area contributed by atoms with Crippen LogP contribution in [0.4, 0.5) is 5.69 Å². The normalized spacial score (nSPS) is 16.1. The molecule has 0 spiro atoms. The molecule has 1 heterocycles. The summed E-state index contributed by atoms with van der Waals surface area (Å²) in [6, 6.07) is 16.3. The summed E-state index contributed by atoms with van der Waals surface area (Å²) >= 11 is 0. The smallest absolute Gasteiger partial charge is 0.253 e. The summed E-state index contributed by atoms with van der Waals surface area (Å²) in [5, 5.41) is 5.60. The molecule has 6 heteroatoms. The first-order valence-corrected chi connectivity index (χ1v) is 8.71. The number of benzene rings is 2. The van der Waals surface area contributed by atoms with Crippen molar-refractivity contribution >= 4 is 17.5 Å². The third kappa shape index (κ3) is 4.83. The van der Waals surface area contributed by atoms with E-state index >= 15 is 0 Å². The number of amides is 2. The Morgan fingerprint density at radius 3 is 2.62 bits per heavy atom. The number of hydrogen-bond donors (Lipinski definition) is 2. The lowest BCUT2D eigenvalue weighted by molar-refractivity contribution is -0.124. The Bertz CT molecular complexity index is 742. The molecular formula is C20H22N2O4. The van der Waals surface area contributed by atoms with Crippen molar-refractivity contribution in [2.24, 2.45) is 0 Å². The highest BCUT2D eigenvalue weighted by Crippen LogP contribution is 2.18. The number of para-hydroxylation sites is 2. The van der Waals surface area contributed by atoms with E-state index in [1.807, 2.05) is 30.3 Å². The SMILES string of the molecule is O=C(NCCOc1ccccc1)c1ccccc1NC(=O)[C@@H]1CCCO1. The molecule has 0 aliphatic carbocycles. The van der Waals surface area contributed by atoms with Gasteiger partial charge in [0, 0.05) is 6.61 Å². The van der Waals surface area contributed by atoms with Crippen LogP contribution in [0.5, 0.6) is 5.75 Å². The maximum absolute atomic E-state index is 12.4. The van der Waals surface area contributed by atoms with Gasteiger partial charge in [0.25, 0.3) is 11.8 Å². The molecule has 2 aromatic carbocycles. The molecule has 0 aromatic heterocycles. The van der Waals surface area contributed by atoms with Gasteiger partial charge in [-0.25, -0.2) is 0 Å². The topological polar surface area (TPSA) is 76.7 Å². The summed E-state index contributed by atoms with van der Waals surface area (Å²) in [5.74, 6) is 0.283. The van der Waals surface area contributed by atoms with E-state index in [1.54, 1.807) is 24.3 Å². The van der Waals surface area contributed by atoms with E-state index in [2.05, 4.69) is 10.6 Å². The molecule has 2 amide bonds. The standard InChI is InChI=1S/C20H22N2O4/c23-19(21-12-14-25-15-7-2-1-3-8-15)16-9-4-5-10-17(16)22-20(24)18-11-6-13-26-18/h1-5,7-10,18H,6,11-14H2,(H,21,23)(H,22,24)/t18-/m0/s1. The average molecular weight is 354 g/mol. The number of nitrogens with one attached hydrogen (secondary N) is 2. The van der Waals surface area contributed by atoms with Crippen LogP contribution in [-0.2, 0) is 9.53 Å². The molecule has 6 nitrogen and oxygen atoms in total. The van der Waals surface area contributed by atoms with E-state index < -0.39 is 6.10 Å². The van der Waals surface area contributed by atoms with Gasteiger partial charge in [-0.15, -0.1) is 0 Å². The molecule has 2 N–H and O–H groups in total. The van der Waals surface area contributed by atoms with Crippen molar-refractivity contribution in [3.8, 4) is 5.75 Å². The zero-order valence-corrected chi connectivity index (χ0v) is 14.4. The molecule has 1 saturated heterocycles. The number of anilines is 1. The first-order valence-electron chi connectivity index (χ1n) is 8.71. The molecule has 0 bridgehead atoms.